The maximum atomic E-state index is 5.44. The van der Waals surface area contributed by atoms with Gasteiger partial charge in [-0.3, -0.25) is 4.90 Å². The van der Waals surface area contributed by atoms with Gasteiger partial charge in [0.2, 0.25) is 0 Å². The topological polar surface area (TPSA) is 27.7 Å². The lowest BCUT2D eigenvalue weighted by Crippen LogP contribution is -2.46. The molecule has 1 aromatic carbocycles. The van der Waals surface area contributed by atoms with Gasteiger partial charge in [0, 0.05) is 45.8 Å². The second kappa shape index (κ2) is 8.25. The number of nitrogens with zero attached hydrogens (tertiary/aromatic N) is 2. The van der Waals surface area contributed by atoms with Crippen molar-refractivity contribution >= 4 is 0 Å². The van der Waals surface area contributed by atoms with Gasteiger partial charge in [-0.05, 0) is 31.7 Å². The second-order valence-corrected chi connectivity index (χ2v) is 5.40. The highest BCUT2D eigenvalue weighted by molar-refractivity contribution is 5.27. The average molecular weight is 277 g/mol. The molecule has 0 spiro atoms. The minimum atomic E-state index is 0.725. The summed E-state index contributed by atoms with van der Waals surface area (Å²) in [7, 11) is 2.20. The summed E-state index contributed by atoms with van der Waals surface area (Å²) in [6.07, 6.45) is 0. The zero-order valence-electron chi connectivity index (χ0n) is 12.8. The van der Waals surface area contributed by atoms with Gasteiger partial charge in [0.1, 0.15) is 5.75 Å². The third-order valence-corrected chi connectivity index (χ3v) is 3.76. The Hall–Kier alpha value is -1.10. The maximum absolute atomic E-state index is 5.44. The quantitative estimate of drug-likeness (QED) is 0.763. The van der Waals surface area contributed by atoms with Gasteiger partial charge in [-0.2, -0.15) is 0 Å². The van der Waals surface area contributed by atoms with E-state index in [1.165, 1.54) is 31.7 Å². The van der Waals surface area contributed by atoms with E-state index in [0.717, 1.165) is 32.0 Å². The molecule has 112 valence electrons. The van der Waals surface area contributed by atoms with E-state index in [9.17, 15) is 0 Å². The summed E-state index contributed by atoms with van der Waals surface area (Å²) in [6, 6.07) is 8.35. The van der Waals surface area contributed by atoms with E-state index in [4.69, 9.17) is 4.74 Å². The van der Waals surface area contributed by atoms with Crippen molar-refractivity contribution in [3.63, 3.8) is 0 Å². The second-order valence-electron chi connectivity index (χ2n) is 5.40. The number of ether oxygens (including phenoxy) is 1. The summed E-state index contributed by atoms with van der Waals surface area (Å²) in [5.74, 6) is 0.952. The molecule has 0 atom stereocenters. The molecule has 1 aliphatic heterocycles. The molecule has 4 nitrogen and oxygen atoms in total. The molecule has 0 amide bonds. The minimum absolute atomic E-state index is 0.725. The lowest BCUT2D eigenvalue weighted by Gasteiger charge is -2.32. The molecular formula is C16H27N3O. The van der Waals surface area contributed by atoms with Crippen molar-refractivity contribution in [1.82, 2.24) is 15.1 Å². The van der Waals surface area contributed by atoms with Gasteiger partial charge in [-0.15, -0.1) is 0 Å². The molecule has 1 saturated heterocycles. The summed E-state index contributed by atoms with van der Waals surface area (Å²) < 4.78 is 5.44. The first-order valence-electron chi connectivity index (χ1n) is 7.61. The molecule has 0 bridgehead atoms. The van der Waals surface area contributed by atoms with Gasteiger partial charge in [0.05, 0.1) is 6.61 Å². The van der Waals surface area contributed by atoms with E-state index in [2.05, 4.69) is 34.3 Å². The SMILES string of the molecule is CCOc1ccc(CNCCN2CCN(C)CC2)cc1. The number of nitrogens with one attached hydrogen (secondary N) is 1. The third kappa shape index (κ3) is 5.12. The van der Waals surface area contributed by atoms with Crippen LogP contribution in [0, 0.1) is 0 Å². The molecule has 1 fully saturated rings. The highest BCUT2D eigenvalue weighted by Gasteiger charge is 2.12. The number of piperazine rings is 1. The van der Waals surface area contributed by atoms with Gasteiger partial charge >= 0.3 is 0 Å². The van der Waals surface area contributed by atoms with Crippen LogP contribution < -0.4 is 10.1 Å². The van der Waals surface area contributed by atoms with Crippen molar-refractivity contribution in [3.05, 3.63) is 29.8 Å². The first-order valence-corrected chi connectivity index (χ1v) is 7.61. The smallest absolute Gasteiger partial charge is 0.119 e. The first-order chi connectivity index (χ1) is 9.78. The molecule has 1 N–H and O–H groups in total. The zero-order valence-corrected chi connectivity index (χ0v) is 12.8. The molecule has 4 heteroatoms. The fraction of sp³-hybridized carbons (Fsp3) is 0.625. The highest BCUT2D eigenvalue weighted by atomic mass is 16.5. The Kier molecular flexibility index (Phi) is 6.30. The van der Waals surface area contributed by atoms with Crippen LogP contribution in [0.15, 0.2) is 24.3 Å². The molecule has 0 unspecified atom stereocenters. The maximum Gasteiger partial charge on any atom is 0.119 e. The Morgan fingerprint density at radius 1 is 1.10 bits per heavy atom. The Labute approximate surface area is 122 Å². The monoisotopic (exact) mass is 277 g/mol. The molecule has 1 aliphatic rings. The summed E-state index contributed by atoms with van der Waals surface area (Å²) in [5, 5.41) is 3.52. The molecule has 0 aromatic heterocycles. The van der Waals surface area contributed by atoms with Crippen LogP contribution >= 0.6 is 0 Å². The lowest BCUT2D eigenvalue weighted by atomic mass is 10.2. The van der Waals surface area contributed by atoms with Crippen LogP contribution in [-0.2, 0) is 6.54 Å². The number of likely N-dealkylation sites (N-methyl/N-ethyl adjacent to an activating group) is 1. The standard InChI is InChI=1S/C16H27N3O/c1-3-20-16-6-4-15(5-7-16)14-17-8-9-19-12-10-18(2)11-13-19/h4-7,17H,3,8-14H2,1-2H3. The Morgan fingerprint density at radius 2 is 1.80 bits per heavy atom. The van der Waals surface area contributed by atoms with Crippen molar-refractivity contribution in [3.8, 4) is 5.75 Å². The highest BCUT2D eigenvalue weighted by Crippen LogP contribution is 2.11. The van der Waals surface area contributed by atoms with Gasteiger partial charge < -0.3 is 15.0 Å². The van der Waals surface area contributed by atoms with Crippen molar-refractivity contribution in [2.75, 3.05) is 52.9 Å². The summed E-state index contributed by atoms with van der Waals surface area (Å²) >= 11 is 0. The fourth-order valence-electron chi connectivity index (χ4n) is 2.41. The van der Waals surface area contributed by atoms with E-state index in [1.807, 2.05) is 19.1 Å². The van der Waals surface area contributed by atoms with E-state index < -0.39 is 0 Å². The number of hydrogen-bond donors (Lipinski definition) is 1. The zero-order chi connectivity index (χ0) is 14.2. The summed E-state index contributed by atoms with van der Waals surface area (Å²) in [4.78, 5) is 4.93. The third-order valence-electron chi connectivity index (χ3n) is 3.76. The normalized spacial score (nSPS) is 17.3. The lowest BCUT2D eigenvalue weighted by molar-refractivity contribution is 0.154. The van der Waals surface area contributed by atoms with Crippen LogP contribution in [0.3, 0.4) is 0 Å². The van der Waals surface area contributed by atoms with Crippen LogP contribution in [0.5, 0.6) is 5.75 Å². The van der Waals surface area contributed by atoms with Gasteiger partial charge in [-0.25, -0.2) is 0 Å². The van der Waals surface area contributed by atoms with E-state index in [1.54, 1.807) is 0 Å². The largest absolute Gasteiger partial charge is 0.494 e. The Morgan fingerprint density at radius 3 is 2.45 bits per heavy atom. The number of rotatable bonds is 7. The van der Waals surface area contributed by atoms with Crippen molar-refractivity contribution < 1.29 is 4.74 Å². The summed E-state index contributed by atoms with van der Waals surface area (Å²) in [6.45, 7) is 10.6. The Balaban J connectivity index is 1.60. The van der Waals surface area contributed by atoms with Crippen LogP contribution in [0.2, 0.25) is 0 Å². The first kappa shape index (κ1) is 15.3. The van der Waals surface area contributed by atoms with Crippen molar-refractivity contribution in [2.24, 2.45) is 0 Å². The molecule has 0 aliphatic carbocycles. The van der Waals surface area contributed by atoms with E-state index in [0.29, 0.717) is 0 Å². The van der Waals surface area contributed by atoms with Crippen molar-refractivity contribution in [2.45, 2.75) is 13.5 Å². The molecular weight excluding hydrogens is 250 g/mol. The molecule has 1 aromatic rings. The predicted molar refractivity (Wildman–Crippen MR) is 83.3 cm³/mol. The molecule has 0 radical (unpaired) electrons. The van der Waals surface area contributed by atoms with Gasteiger partial charge in [-0.1, -0.05) is 12.1 Å². The van der Waals surface area contributed by atoms with E-state index >= 15 is 0 Å². The molecule has 0 saturated carbocycles. The van der Waals surface area contributed by atoms with Crippen molar-refractivity contribution in [1.29, 1.82) is 0 Å². The molecule has 20 heavy (non-hydrogen) atoms. The predicted octanol–water partition coefficient (Wildman–Crippen LogP) is 1.42. The average Bonchev–Trinajstić information content (AvgIpc) is 2.47. The fourth-order valence-corrected chi connectivity index (χ4v) is 2.41. The summed E-state index contributed by atoms with van der Waals surface area (Å²) in [5.41, 5.74) is 1.31. The van der Waals surface area contributed by atoms with E-state index in [-0.39, 0.29) is 0 Å². The number of hydrogen-bond acceptors (Lipinski definition) is 4. The van der Waals surface area contributed by atoms with Gasteiger partial charge in [0.15, 0.2) is 0 Å². The molecule has 1 heterocycles. The number of benzene rings is 1. The van der Waals surface area contributed by atoms with Crippen LogP contribution in [-0.4, -0.2) is 62.7 Å². The minimum Gasteiger partial charge on any atom is -0.494 e. The Bertz CT molecular complexity index is 372. The van der Waals surface area contributed by atoms with Crippen LogP contribution in [0.25, 0.3) is 0 Å². The van der Waals surface area contributed by atoms with Gasteiger partial charge in [0.25, 0.3) is 0 Å². The van der Waals surface area contributed by atoms with Crippen LogP contribution in [0.4, 0.5) is 0 Å². The molecule has 2 rings (SSSR count). The van der Waals surface area contributed by atoms with Crippen LogP contribution in [0.1, 0.15) is 12.5 Å².